The molecule has 0 aromatic heterocycles. The maximum atomic E-state index is 12.5. The molecule has 4 nitrogen and oxygen atoms in total. The van der Waals surface area contributed by atoms with Crippen molar-refractivity contribution in [1.82, 2.24) is 0 Å². The van der Waals surface area contributed by atoms with Crippen LogP contribution in [0.4, 0.5) is 23.2 Å². The van der Waals surface area contributed by atoms with Crippen molar-refractivity contribution in [3.63, 3.8) is 0 Å². The first-order valence-electron chi connectivity index (χ1n) is 7.85. The molecule has 0 radical (unpaired) electrons. The summed E-state index contributed by atoms with van der Waals surface area (Å²) >= 11 is 0. The first-order chi connectivity index (χ1) is 12.8. The van der Waals surface area contributed by atoms with Crippen molar-refractivity contribution in [3.8, 4) is 11.5 Å². The van der Waals surface area contributed by atoms with Gasteiger partial charge in [-0.3, -0.25) is 4.79 Å². The fourth-order valence-electron chi connectivity index (χ4n) is 2.25. The van der Waals surface area contributed by atoms with Crippen molar-refractivity contribution >= 4 is 17.7 Å². The molecule has 1 amide bonds. The molecule has 0 heterocycles. The second kappa shape index (κ2) is 9.07. The molecule has 2 rings (SSSR count). The lowest BCUT2D eigenvalue weighted by atomic mass is 10.1. The molecule has 27 heavy (non-hydrogen) atoms. The van der Waals surface area contributed by atoms with Gasteiger partial charge < -0.3 is 14.8 Å². The number of alkyl halides is 4. The van der Waals surface area contributed by atoms with Gasteiger partial charge in [-0.15, -0.1) is 0 Å². The Bertz CT molecular complexity index is 838. The van der Waals surface area contributed by atoms with Crippen LogP contribution < -0.4 is 14.8 Å². The Labute approximate surface area is 153 Å². The summed E-state index contributed by atoms with van der Waals surface area (Å²) in [4.78, 5) is 12.1. The molecule has 0 saturated carbocycles. The maximum absolute atomic E-state index is 12.5. The second-order valence-electron chi connectivity index (χ2n) is 5.53. The molecule has 0 aliphatic carbocycles. The van der Waals surface area contributed by atoms with Crippen LogP contribution in [-0.4, -0.2) is 19.1 Å². The molecule has 0 unspecified atom stereocenters. The van der Waals surface area contributed by atoms with Crippen molar-refractivity contribution in [3.05, 3.63) is 59.2 Å². The van der Waals surface area contributed by atoms with E-state index in [0.717, 1.165) is 29.3 Å². The number of halogens is 4. The van der Waals surface area contributed by atoms with Crippen LogP contribution in [0.1, 0.15) is 16.7 Å². The number of benzene rings is 2. The third-order valence-electron chi connectivity index (χ3n) is 3.70. The first-order valence-corrected chi connectivity index (χ1v) is 7.85. The summed E-state index contributed by atoms with van der Waals surface area (Å²) in [6.45, 7) is -2.51. The summed E-state index contributed by atoms with van der Waals surface area (Å²) in [6, 6.07) is 8.72. The van der Waals surface area contributed by atoms with Gasteiger partial charge in [0, 0.05) is 23.4 Å². The Kier molecular flexibility index (Phi) is 6.81. The number of hydrogen-bond donors (Lipinski definition) is 1. The summed E-state index contributed by atoms with van der Waals surface area (Å²) in [5.74, 6) is -1.21. The molecule has 0 bridgehead atoms. The van der Waals surface area contributed by atoms with Crippen LogP contribution in [0, 0.1) is 13.8 Å². The molecule has 0 spiro atoms. The van der Waals surface area contributed by atoms with E-state index < -0.39 is 19.1 Å². The van der Waals surface area contributed by atoms with Crippen LogP contribution in [0.3, 0.4) is 0 Å². The Morgan fingerprint density at radius 3 is 2.41 bits per heavy atom. The number of nitrogens with one attached hydrogen (secondary N) is 1. The molecule has 2 aromatic carbocycles. The molecule has 0 fully saturated rings. The molecule has 8 heteroatoms. The topological polar surface area (TPSA) is 47.6 Å². The minimum absolute atomic E-state index is 0.105. The molecular formula is C19H17F4NO3. The number of anilines is 1. The van der Waals surface area contributed by atoms with Crippen LogP contribution in [0.15, 0.2) is 42.5 Å². The summed E-state index contributed by atoms with van der Waals surface area (Å²) in [5, 5.41) is 2.68. The maximum Gasteiger partial charge on any atom is 0.387 e. The average Bonchev–Trinajstić information content (AvgIpc) is 2.57. The van der Waals surface area contributed by atoms with Crippen molar-refractivity contribution in [1.29, 1.82) is 0 Å². The lowest BCUT2D eigenvalue weighted by Gasteiger charge is -2.11. The number of carbonyl (C=O) groups is 1. The minimum atomic E-state index is -3.16. The van der Waals surface area contributed by atoms with Gasteiger partial charge in [-0.2, -0.15) is 17.6 Å². The average molecular weight is 383 g/mol. The third-order valence-corrected chi connectivity index (χ3v) is 3.70. The largest absolute Gasteiger partial charge is 0.435 e. The van der Waals surface area contributed by atoms with E-state index in [1.807, 2.05) is 19.9 Å². The van der Waals surface area contributed by atoms with Crippen LogP contribution in [0.2, 0.25) is 0 Å². The Balaban J connectivity index is 2.18. The summed E-state index contributed by atoms with van der Waals surface area (Å²) in [6.07, 6.45) is 2.37. The molecular weight excluding hydrogens is 366 g/mol. The van der Waals surface area contributed by atoms with Crippen molar-refractivity contribution < 1.29 is 31.8 Å². The van der Waals surface area contributed by atoms with Crippen LogP contribution in [0.25, 0.3) is 6.08 Å². The quantitative estimate of drug-likeness (QED) is 0.531. The number of carbonyl (C=O) groups excluding carboxylic acids is 1. The number of rotatable bonds is 7. The molecule has 0 aliphatic rings. The zero-order valence-electron chi connectivity index (χ0n) is 14.5. The zero-order valence-corrected chi connectivity index (χ0v) is 14.5. The lowest BCUT2D eigenvalue weighted by Crippen LogP contribution is -2.09. The number of amides is 1. The van der Waals surface area contributed by atoms with Gasteiger partial charge in [-0.05, 0) is 49.2 Å². The molecule has 2 aromatic rings. The highest BCUT2D eigenvalue weighted by molar-refractivity contribution is 6.02. The molecule has 0 aliphatic heterocycles. The summed E-state index contributed by atoms with van der Waals surface area (Å²) in [7, 11) is 0. The fraction of sp³-hybridized carbons (Fsp3) is 0.211. The van der Waals surface area contributed by atoms with E-state index in [1.165, 1.54) is 12.1 Å². The van der Waals surface area contributed by atoms with Gasteiger partial charge in [-0.25, -0.2) is 0 Å². The van der Waals surface area contributed by atoms with E-state index in [0.29, 0.717) is 5.69 Å². The SMILES string of the molecule is Cc1cccc(NC(=O)/C=C/c2ccc(OC(F)F)cc2OC(F)F)c1C. The third kappa shape index (κ3) is 6.02. The minimum Gasteiger partial charge on any atom is -0.435 e. The highest BCUT2D eigenvalue weighted by Crippen LogP contribution is 2.28. The van der Waals surface area contributed by atoms with Crippen LogP contribution >= 0.6 is 0 Å². The molecule has 1 N–H and O–H groups in total. The fourth-order valence-corrected chi connectivity index (χ4v) is 2.25. The van der Waals surface area contributed by atoms with E-state index in [1.54, 1.807) is 12.1 Å². The van der Waals surface area contributed by atoms with Crippen molar-refractivity contribution in [2.45, 2.75) is 27.1 Å². The zero-order chi connectivity index (χ0) is 20.0. The Morgan fingerprint density at radius 1 is 1.04 bits per heavy atom. The Hall–Kier alpha value is -3.03. The summed E-state index contributed by atoms with van der Waals surface area (Å²) < 4.78 is 58.1. The number of aryl methyl sites for hydroxylation is 1. The molecule has 0 saturated heterocycles. The molecule has 144 valence electrons. The predicted octanol–water partition coefficient (Wildman–Crippen LogP) is 5.16. The van der Waals surface area contributed by atoms with Crippen LogP contribution in [-0.2, 0) is 4.79 Å². The number of ether oxygens (including phenoxy) is 2. The van der Waals surface area contributed by atoms with Gasteiger partial charge >= 0.3 is 13.2 Å². The molecule has 0 atom stereocenters. The summed E-state index contributed by atoms with van der Waals surface area (Å²) in [5.41, 5.74) is 2.62. The van der Waals surface area contributed by atoms with Crippen molar-refractivity contribution in [2.75, 3.05) is 5.32 Å². The van der Waals surface area contributed by atoms with E-state index >= 15 is 0 Å². The highest BCUT2D eigenvalue weighted by atomic mass is 19.3. The standard InChI is InChI=1S/C19H17F4NO3/c1-11-4-3-5-15(12(11)2)24-17(25)9-7-13-6-8-14(26-18(20)21)10-16(13)27-19(22)23/h3-10,18-19H,1-2H3,(H,24,25)/b9-7+. The van der Waals surface area contributed by atoms with Gasteiger partial charge in [0.15, 0.2) is 0 Å². The van der Waals surface area contributed by atoms with E-state index in [4.69, 9.17) is 0 Å². The van der Waals surface area contributed by atoms with E-state index in [2.05, 4.69) is 14.8 Å². The van der Waals surface area contributed by atoms with Gasteiger partial charge in [0.2, 0.25) is 5.91 Å². The van der Waals surface area contributed by atoms with Gasteiger partial charge in [0.25, 0.3) is 0 Å². The Morgan fingerprint density at radius 2 is 1.74 bits per heavy atom. The van der Waals surface area contributed by atoms with Gasteiger partial charge in [-0.1, -0.05) is 12.1 Å². The first kappa shape index (κ1) is 20.3. The van der Waals surface area contributed by atoms with Crippen LogP contribution in [0.5, 0.6) is 11.5 Å². The normalized spacial score (nSPS) is 11.3. The van der Waals surface area contributed by atoms with E-state index in [9.17, 15) is 22.4 Å². The number of hydrogen-bond acceptors (Lipinski definition) is 3. The predicted molar refractivity (Wildman–Crippen MR) is 93.3 cm³/mol. The lowest BCUT2D eigenvalue weighted by molar-refractivity contribution is -0.111. The highest BCUT2D eigenvalue weighted by Gasteiger charge is 2.12. The monoisotopic (exact) mass is 383 g/mol. The smallest absolute Gasteiger partial charge is 0.387 e. The van der Waals surface area contributed by atoms with E-state index in [-0.39, 0.29) is 17.1 Å². The van der Waals surface area contributed by atoms with Gasteiger partial charge in [0.1, 0.15) is 11.5 Å². The second-order valence-corrected chi connectivity index (χ2v) is 5.53. The van der Waals surface area contributed by atoms with Crippen molar-refractivity contribution in [2.24, 2.45) is 0 Å². The van der Waals surface area contributed by atoms with Gasteiger partial charge in [0.05, 0.1) is 0 Å².